The Morgan fingerprint density at radius 3 is 2.27 bits per heavy atom. The number of aliphatic carboxylic acids is 1. The first kappa shape index (κ1) is 34.4. The van der Waals surface area contributed by atoms with E-state index in [0.717, 1.165) is 49.5 Å². The number of hydrogen-bond donors (Lipinski definition) is 2. The summed E-state index contributed by atoms with van der Waals surface area (Å²) >= 11 is 0. The van der Waals surface area contributed by atoms with Crippen LogP contribution in [0.3, 0.4) is 0 Å². The smallest absolute Gasteiger partial charge is 0.475 e. The Bertz CT molecular complexity index is 1390. The normalized spacial score (nSPS) is 14.0. The number of imidazole rings is 1. The Balaban J connectivity index is 0.000000676. The number of likely N-dealkylation sites (N-methyl/N-ethyl adjacent to an activating group) is 1. The van der Waals surface area contributed by atoms with Crippen molar-refractivity contribution in [3.05, 3.63) is 77.5 Å². The third-order valence-electron chi connectivity index (χ3n) is 6.78. The van der Waals surface area contributed by atoms with E-state index in [0.29, 0.717) is 25.3 Å². The monoisotopic (exact) mass is 632 g/mol. The number of rotatable bonds is 8. The fourth-order valence-electron chi connectivity index (χ4n) is 4.47. The van der Waals surface area contributed by atoms with Crippen LogP contribution in [-0.4, -0.2) is 64.0 Å². The van der Waals surface area contributed by atoms with E-state index in [1.54, 1.807) is 11.1 Å². The van der Waals surface area contributed by atoms with E-state index in [1.807, 2.05) is 41.8 Å². The minimum atomic E-state index is -5.08. The molecule has 3 aromatic rings. The molecule has 0 aliphatic carbocycles. The molecule has 1 fully saturated rings. The molecular weight excluding hydrogens is 601 g/mol. The van der Waals surface area contributed by atoms with E-state index in [1.165, 1.54) is 6.07 Å². The first-order valence-electron chi connectivity index (χ1n) is 13.6. The SMILES string of the molecule is CCN(CCn1cc(-c2ccc(F)c(C(F)(F)F)c2)nc1C1CCNCC1)C(=O)OCc1ccccc1.O=C(O)C(F)(F)F. The molecule has 0 radical (unpaired) electrons. The van der Waals surface area contributed by atoms with Crippen molar-refractivity contribution < 1.29 is 50.2 Å². The number of amides is 1. The second kappa shape index (κ2) is 15.0. The molecule has 0 spiro atoms. The molecule has 1 aromatic heterocycles. The lowest BCUT2D eigenvalue weighted by molar-refractivity contribution is -0.192. The first-order chi connectivity index (χ1) is 20.7. The molecule has 0 atom stereocenters. The summed E-state index contributed by atoms with van der Waals surface area (Å²) in [6, 6.07) is 12.3. The highest BCUT2D eigenvalue weighted by molar-refractivity contribution is 5.73. The number of carbonyl (C=O) groups excluding carboxylic acids is 1. The molecule has 44 heavy (non-hydrogen) atoms. The van der Waals surface area contributed by atoms with E-state index < -0.39 is 35.8 Å². The average Bonchev–Trinajstić information content (AvgIpc) is 3.41. The van der Waals surface area contributed by atoms with Gasteiger partial charge in [0.1, 0.15) is 18.2 Å². The number of carboxylic acids is 1. The molecule has 2 N–H and O–H groups in total. The lowest BCUT2D eigenvalue weighted by atomic mass is 9.97. The van der Waals surface area contributed by atoms with Crippen LogP contribution in [0, 0.1) is 5.82 Å². The van der Waals surface area contributed by atoms with Crippen LogP contribution < -0.4 is 5.32 Å². The van der Waals surface area contributed by atoms with Gasteiger partial charge >= 0.3 is 24.4 Å². The zero-order chi connectivity index (χ0) is 32.5. The largest absolute Gasteiger partial charge is 0.490 e. The molecular formula is C29H31F7N4O4. The van der Waals surface area contributed by atoms with Gasteiger partial charge in [0.05, 0.1) is 11.3 Å². The van der Waals surface area contributed by atoms with Crippen molar-refractivity contribution in [3.8, 4) is 11.3 Å². The van der Waals surface area contributed by atoms with Gasteiger partial charge in [0.25, 0.3) is 0 Å². The van der Waals surface area contributed by atoms with Gasteiger partial charge in [0.15, 0.2) is 0 Å². The maximum atomic E-state index is 13.9. The van der Waals surface area contributed by atoms with Crippen molar-refractivity contribution in [2.45, 2.75) is 51.2 Å². The molecule has 1 aliphatic heterocycles. The number of carbonyl (C=O) groups is 2. The summed E-state index contributed by atoms with van der Waals surface area (Å²) in [7, 11) is 0. The fourth-order valence-corrected chi connectivity index (χ4v) is 4.47. The second-order valence-electron chi connectivity index (χ2n) is 9.82. The number of piperidine rings is 1. The van der Waals surface area contributed by atoms with Crippen LogP contribution >= 0.6 is 0 Å². The number of nitrogens with zero attached hydrogens (tertiary/aromatic N) is 3. The van der Waals surface area contributed by atoms with Crippen LogP contribution in [0.4, 0.5) is 35.5 Å². The number of nitrogens with one attached hydrogen (secondary N) is 1. The summed E-state index contributed by atoms with van der Waals surface area (Å²) in [4.78, 5) is 27.8. The summed E-state index contributed by atoms with van der Waals surface area (Å²) in [6.07, 6.45) is -6.96. The number of carboxylic acid groups (broad SMARTS) is 1. The van der Waals surface area contributed by atoms with Gasteiger partial charge in [-0.3, -0.25) is 0 Å². The number of alkyl halides is 6. The average molecular weight is 633 g/mol. The van der Waals surface area contributed by atoms with Crippen LogP contribution in [0.2, 0.25) is 0 Å². The molecule has 0 bridgehead atoms. The van der Waals surface area contributed by atoms with Crippen LogP contribution in [0.5, 0.6) is 0 Å². The minimum Gasteiger partial charge on any atom is -0.475 e. The third-order valence-corrected chi connectivity index (χ3v) is 6.78. The second-order valence-corrected chi connectivity index (χ2v) is 9.82. The summed E-state index contributed by atoms with van der Waals surface area (Å²) < 4.78 is 92.8. The molecule has 0 unspecified atom stereocenters. The Morgan fingerprint density at radius 2 is 1.70 bits per heavy atom. The highest BCUT2D eigenvalue weighted by Crippen LogP contribution is 2.35. The van der Waals surface area contributed by atoms with E-state index in [9.17, 15) is 35.5 Å². The van der Waals surface area contributed by atoms with Gasteiger partial charge in [-0.2, -0.15) is 26.3 Å². The molecule has 15 heteroatoms. The Kier molecular flexibility index (Phi) is 11.7. The van der Waals surface area contributed by atoms with E-state index in [2.05, 4.69) is 5.32 Å². The predicted molar refractivity (Wildman–Crippen MR) is 145 cm³/mol. The van der Waals surface area contributed by atoms with Crippen molar-refractivity contribution in [1.29, 1.82) is 0 Å². The maximum absolute atomic E-state index is 13.9. The number of ether oxygens (including phenoxy) is 1. The fraction of sp³-hybridized carbons (Fsp3) is 0.414. The van der Waals surface area contributed by atoms with Crippen molar-refractivity contribution in [2.75, 3.05) is 26.2 Å². The minimum absolute atomic E-state index is 0.123. The number of benzene rings is 2. The lowest BCUT2D eigenvalue weighted by Gasteiger charge is -2.25. The van der Waals surface area contributed by atoms with Crippen LogP contribution in [0.15, 0.2) is 54.7 Å². The summed E-state index contributed by atoms with van der Waals surface area (Å²) in [5.74, 6) is -3.20. The van der Waals surface area contributed by atoms with Gasteiger partial charge in [-0.05, 0) is 56.6 Å². The van der Waals surface area contributed by atoms with Gasteiger partial charge in [0, 0.05) is 37.3 Å². The van der Waals surface area contributed by atoms with Gasteiger partial charge < -0.3 is 24.6 Å². The van der Waals surface area contributed by atoms with Crippen molar-refractivity contribution >= 4 is 12.1 Å². The number of hydrogen-bond acceptors (Lipinski definition) is 5. The molecule has 0 saturated carbocycles. The standard InChI is InChI=1S/C27H30F4N4O2.C2HF3O2/c1-2-34(26(36)37-18-19-6-4-3-5-7-19)14-15-35-17-24(33-25(35)20-10-12-32-13-11-20)21-8-9-23(28)22(16-21)27(29,30)31;3-2(4,5)1(6)7/h3-9,16-17,20,32H,2,10-15,18H2,1H3;(H,6,7). The molecule has 1 amide bonds. The molecule has 8 nitrogen and oxygen atoms in total. The maximum Gasteiger partial charge on any atom is 0.490 e. The molecule has 240 valence electrons. The zero-order valence-corrected chi connectivity index (χ0v) is 23.6. The van der Waals surface area contributed by atoms with Gasteiger partial charge in [-0.15, -0.1) is 0 Å². The summed E-state index contributed by atoms with van der Waals surface area (Å²) in [5.41, 5.74) is 0.101. The predicted octanol–water partition coefficient (Wildman–Crippen LogP) is 6.47. The van der Waals surface area contributed by atoms with Crippen molar-refractivity contribution in [1.82, 2.24) is 19.8 Å². The summed E-state index contributed by atoms with van der Waals surface area (Å²) in [5, 5.41) is 10.4. The third kappa shape index (κ3) is 9.69. The topological polar surface area (TPSA) is 96.7 Å². The molecule has 1 aliphatic rings. The zero-order valence-electron chi connectivity index (χ0n) is 23.6. The summed E-state index contributed by atoms with van der Waals surface area (Å²) in [6.45, 7) is 4.82. The van der Waals surface area contributed by atoms with E-state index in [-0.39, 0.29) is 18.1 Å². The highest BCUT2D eigenvalue weighted by atomic mass is 19.4. The van der Waals surface area contributed by atoms with Crippen LogP contribution in [-0.2, 0) is 28.9 Å². The highest BCUT2D eigenvalue weighted by Gasteiger charge is 2.38. The number of aromatic nitrogens is 2. The van der Waals surface area contributed by atoms with E-state index in [4.69, 9.17) is 19.6 Å². The van der Waals surface area contributed by atoms with Gasteiger partial charge in [-0.25, -0.2) is 19.0 Å². The molecule has 2 aromatic carbocycles. The number of halogens is 7. The Hall–Kier alpha value is -4.14. The Labute approximate surface area is 248 Å². The van der Waals surface area contributed by atoms with Crippen LogP contribution in [0.1, 0.15) is 42.6 Å². The molecule has 4 rings (SSSR count). The van der Waals surface area contributed by atoms with Crippen LogP contribution in [0.25, 0.3) is 11.3 Å². The lowest BCUT2D eigenvalue weighted by Crippen LogP contribution is -2.34. The quantitative estimate of drug-likeness (QED) is 0.277. The van der Waals surface area contributed by atoms with Gasteiger partial charge in [-0.1, -0.05) is 30.3 Å². The van der Waals surface area contributed by atoms with E-state index >= 15 is 0 Å². The molecule has 2 heterocycles. The van der Waals surface area contributed by atoms with Crippen molar-refractivity contribution in [3.63, 3.8) is 0 Å². The van der Waals surface area contributed by atoms with Gasteiger partial charge in [0.2, 0.25) is 0 Å². The Morgan fingerprint density at radius 1 is 1.07 bits per heavy atom. The molecule has 1 saturated heterocycles. The van der Waals surface area contributed by atoms with Crippen molar-refractivity contribution in [2.24, 2.45) is 0 Å². The first-order valence-corrected chi connectivity index (χ1v) is 13.6.